The molecule has 0 saturated heterocycles. The lowest BCUT2D eigenvalue weighted by Gasteiger charge is -2.34. The quantitative estimate of drug-likeness (QED) is 0.276. The first-order valence-electron chi connectivity index (χ1n) is 11.4. The van der Waals surface area contributed by atoms with Crippen molar-refractivity contribution < 1.29 is 9.59 Å². The fraction of sp³-hybridized carbons (Fsp3) is 0.462. The molecule has 1 amide bonds. The average molecular weight is 503 g/mol. The first kappa shape index (κ1) is 25.8. The van der Waals surface area contributed by atoms with Crippen LogP contribution in [0.15, 0.2) is 52.5 Å². The maximum Gasteiger partial charge on any atom is 0.225 e. The van der Waals surface area contributed by atoms with Crippen molar-refractivity contribution in [2.75, 3.05) is 6.54 Å². The number of hydrogen-bond acceptors (Lipinski definition) is 6. The van der Waals surface area contributed by atoms with Crippen molar-refractivity contribution in [2.24, 2.45) is 5.41 Å². The summed E-state index contributed by atoms with van der Waals surface area (Å²) in [5.41, 5.74) is -0.400. The zero-order valence-corrected chi connectivity index (χ0v) is 22.2. The normalized spacial score (nSPS) is 12.7. The Morgan fingerprint density at radius 2 is 1.42 bits per heavy atom. The van der Waals surface area contributed by atoms with Crippen molar-refractivity contribution in [3.8, 4) is 0 Å². The summed E-state index contributed by atoms with van der Waals surface area (Å²) >= 11 is 5.09. The molecule has 3 aromatic rings. The number of unbranched alkanes of at least 4 members (excludes halogenated alkanes) is 1. The second kappa shape index (κ2) is 12.6. The zero-order chi connectivity index (χ0) is 23.7. The van der Waals surface area contributed by atoms with E-state index in [2.05, 4.69) is 45.2 Å². The lowest BCUT2D eigenvalue weighted by Crippen LogP contribution is -2.45. The Morgan fingerprint density at radius 3 is 1.91 bits per heavy atom. The molecule has 33 heavy (non-hydrogen) atoms. The Hall–Kier alpha value is -1.80. The first-order chi connectivity index (χ1) is 15.8. The highest BCUT2D eigenvalue weighted by atomic mass is 32.1. The number of thiophene rings is 3. The van der Waals surface area contributed by atoms with Gasteiger partial charge in [-0.15, -0.1) is 34.0 Å². The predicted molar refractivity (Wildman–Crippen MR) is 141 cm³/mol. The fourth-order valence-corrected chi connectivity index (χ4v) is 5.95. The monoisotopic (exact) mass is 502 g/mol. The number of carbonyl (C=O) groups is 2. The third-order valence-electron chi connectivity index (χ3n) is 5.50. The van der Waals surface area contributed by atoms with Gasteiger partial charge in [0.05, 0.1) is 12.5 Å². The van der Waals surface area contributed by atoms with Gasteiger partial charge in [0.2, 0.25) is 5.91 Å². The van der Waals surface area contributed by atoms with Gasteiger partial charge in [0.15, 0.2) is 5.78 Å². The van der Waals surface area contributed by atoms with Crippen LogP contribution in [0.4, 0.5) is 0 Å². The van der Waals surface area contributed by atoms with Gasteiger partial charge >= 0.3 is 0 Å². The van der Waals surface area contributed by atoms with Crippen molar-refractivity contribution in [1.82, 2.24) is 10.2 Å². The average Bonchev–Trinajstić information content (AvgIpc) is 3.53. The minimum Gasteiger partial charge on any atom is -0.356 e. The molecule has 1 atom stereocenters. The number of hydrogen-bond donors (Lipinski definition) is 1. The standard InChI is InChI=1S/C26H34N2O2S3/c1-26(2,3)25(30)23(12-4-5-13-27-24(29)17-20-9-6-14-31-20)28(18-21-10-7-15-32-21)19-22-11-8-16-33-22/h6-11,14-16,23H,4-5,12-13,17-19H2,1-3H3,(H,27,29). The topological polar surface area (TPSA) is 49.4 Å². The van der Waals surface area contributed by atoms with Crippen molar-refractivity contribution in [3.63, 3.8) is 0 Å². The van der Waals surface area contributed by atoms with Crippen LogP contribution in [0.2, 0.25) is 0 Å². The number of ketones is 1. The Bertz CT molecular complexity index is 922. The van der Waals surface area contributed by atoms with Crippen LogP contribution in [-0.4, -0.2) is 29.2 Å². The Balaban J connectivity index is 1.60. The molecule has 178 valence electrons. The Labute approximate surface area is 209 Å². The minimum atomic E-state index is -0.400. The number of nitrogens with zero attached hydrogens (tertiary/aromatic N) is 1. The number of amides is 1. The first-order valence-corrected chi connectivity index (χ1v) is 14.1. The van der Waals surface area contributed by atoms with E-state index in [0.717, 1.165) is 37.2 Å². The molecule has 0 fully saturated rings. The summed E-state index contributed by atoms with van der Waals surface area (Å²) in [7, 11) is 0. The highest BCUT2D eigenvalue weighted by Gasteiger charge is 2.33. The van der Waals surface area contributed by atoms with Crippen LogP contribution >= 0.6 is 34.0 Å². The van der Waals surface area contributed by atoms with E-state index in [0.29, 0.717) is 13.0 Å². The molecule has 1 N–H and O–H groups in total. The summed E-state index contributed by atoms with van der Waals surface area (Å²) in [4.78, 5) is 31.6. The molecule has 0 aliphatic carbocycles. The van der Waals surface area contributed by atoms with Crippen LogP contribution in [0.1, 0.15) is 54.7 Å². The summed E-state index contributed by atoms with van der Waals surface area (Å²) < 4.78 is 0. The molecule has 3 aromatic heterocycles. The summed E-state index contributed by atoms with van der Waals surface area (Å²) in [6, 6.07) is 12.3. The van der Waals surface area contributed by atoms with Gasteiger partial charge in [-0.3, -0.25) is 14.5 Å². The molecular weight excluding hydrogens is 468 g/mol. The van der Waals surface area contributed by atoms with E-state index in [1.165, 1.54) is 9.75 Å². The minimum absolute atomic E-state index is 0.0665. The van der Waals surface area contributed by atoms with Gasteiger partial charge in [-0.2, -0.15) is 0 Å². The van der Waals surface area contributed by atoms with Crippen molar-refractivity contribution in [1.29, 1.82) is 0 Å². The van der Waals surface area contributed by atoms with Gasteiger partial charge in [-0.25, -0.2) is 0 Å². The van der Waals surface area contributed by atoms with Crippen LogP contribution in [0.3, 0.4) is 0 Å². The third-order valence-corrected chi connectivity index (χ3v) is 8.10. The molecule has 0 aliphatic heterocycles. The molecule has 0 saturated carbocycles. The van der Waals surface area contributed by atoms with Crippen LogP contribution < -0.4 is 5.32 Å². The van der Waals surface area contributed by atoms with Gasteiger partial charge in [-0.05, 0) is 53.6 Å². The van der Waals surface area contributed by atoms with Crippen LogP contribution in [0, 0.1) is 5.41 Å². The molecule has 4 nitrogen and oxygen atoms in total. The molecule has 0 spiro atoms. The van der Waals surface area contributed by atoms with Crippen molar-refractivity contribution in [2.45, 2.75) is 65.6 Å². The molecule has 7 heteroatoms. The lowest BCUT2D eigenvalue weighted by molar-refractivity contribution is -0.132. The highest BCUT2D eigenvalue weighted by molar-refractivity contribution is 7.10. The Morgan fingerprint density at radius 1 is 0.879 bits per heavy atom. The van der Waals surface area contributed by atoms with Crippen molar-refractivity contribution in [3.05, 3.63) is 67.2 Å². The number of carbonyl (C=O) groups excluding carboxylic acids is 2. The molecule has 3 heterocycles. The summed E-state index contributed by atoms with van der Waals surface area (Å²) in [6.07, 6.45) is 3.01. The number of Topliss-reactive ketones (excluding diaryl/α,β-unsaturated/α-hetero) is 1. The fourth-order valence-electron chi connectivity index (χ4n) is 3.79. The van der Waals surface area contributed by atoms with E-state index in [4.69, 9.17) is 0 Å². The summed E-state index contributed by atoms with van der Waals surface area (Å²) in [5, 5.41) is 9.21. The molecular formula is C26H34N2O2S3. The summed E-state index contributed by atoms with van der Waals surface area (Å²) in [6.45, 7) is 8.25. The lowest BCUT2D eigenvalue weighted by atomic mass is 9.84. The maximum atomic E-state index is 13.5. The second-order valence-electron chi connectivity index (χ2n) is 9.30. The zero-order valence-electron chi connectivity index (χ0n) is 19.7. The van der Waals surface area contributed by atoms with Gasteiger partial charge in [0.1, 0.15) is 0 Å². The molecule has 0 radical (unpaired) electrons. The largest absolute Gasteiger partial charge is 0.356 e. The van der Waals surface area contributed by atoms with Crippen LogP contribution in [0.25, 0.3) is 0 Å². The van der Waals surface area contributed by atoms with Gasteiger partial charge < -0.3 is 5.32 Å². The predicted octanol–water partition coefficient (Wildman–Crippen LogP) is 6.39. The number of rotatable bonds is 13. The van der Waals surface area contributed by atoms with Gasteiger partial charge in [-0.1, -0.05) is 39.0 Å². The van der Waals surface area contributed by atoms with Crippen molar-refractivity contribution >= 4 is 45.7 Å². The third kappa shape index (κ3) is 8.49. The molecule has 0 aromatic carbocycles. The molecule has 0 bridgehead atoms. The maximum absolute atomic E-state index is 13.5. The number of nitrogens with one attached hydrogen (secondary N) is 1. The highest BCUT2D eigenvalue weighted by Crippen LogP contribution is 2.27. The van der Waals surface area contributed by atoms with E-state index in [-0.39, 0.29) is 17.7 Å². The summed E-state index contributed by atoms with van der Waals surface area (Å²) in [5.74, 6) is 0.356. The van der Waals surface area contributed by atoms with Gasteiger partial charge in [0, 0.05) is 39.7 Å². The van der Waals surface area contributed by atoms with E-state index in [1.807, 2.05) is 38.3 Å². The van der Waals surface area contributed by atoms with Gasteiger partial charge in [0.25, 0.3) is 0 Å². The van der Waals surface area contributed by atoms with E-state index < -0.39 is 5.41 Å². The molecule has 3 rings (SSSR count). The van der Waals surface area contributed by atoms with E-state index in [1.54, 1.807) is 34.0 Å². The Kier molecular flexibility index (Phi) is 9.86. The second-order valence-corrected chi connectivity index (χ2v) is 12.4. The van der Waals surface area contributed by atoms with E-state index >= 15 is 0 Å². The van der Waals surface area contributed by atoms with Crippen LogP contribution in [0.5, 0.6) is 0 Å². The van der Waals surface area contributed by atoms with E-state index in [9.17, 15) is 9.59 Å². The SMILES string of the molecule is CC(C)(C)C(=O)C(CCCCNC(=O)Cc1cccs1)N(Cc1cccs1)Cc1cccs1. The smallest absolute Gasteiger partial charge is 0.225 e. The van der Waals surface area contributed by atoms with Crippen LogP contribution in [-0.2, 0) is 29.1 Å². The molecule has 1 unspecified atom stereocenters. The molecule has 0 aliphatic rings.